The first-order chi connectivity index (χ1) is 10.8. The molecule has 1 aliphatic rings. The summed E-state index contributed by atoms with van der Waals surface area (Å²) in [5, 5.41) is 2.80. The number of hydrogen-bond acceptors (Lipinski definition) is 5. The molecule has 1 N–H and O–H groups in total. The number of hydrogen-bond donors (Lipinski definition) is 1. The lowest BCUT2D eigenvalue weighted by molar-refractivity contribution is 0.102. The third kappa shape index (κ3) is 3.82. The van der Waals surface area contributed by atoms with E-state index in [1.54, 1.807) is 18.5 Å². The van der Waals surface area contributed by atoms with Crippen molar-refractivity contribution in [2.45, 2.75) is 32.1 Å². The Morgan fingerprint density at radius 1 is 1.27 bits per heavy atom. The van der Waals surface area contributed by atoms with Gasteiger partial charge in [0, 0.05) is 12.4 Å². The maximum Gasteiger partial charge on any atom is 0.268 e. The summed E-state index contributed by atoms with van der Waals surface area (Å²) < 4.78 is 9.84. The van der Waals surface area contributed by atoms with Gasteiger partial charge < -0.3 is 10.1 Å². The minimum atomic E-state index is -0.205. The van der Waals surface area contributed by atoms with Crippen LogP contribution in [0.5, 0.6) is 5.75 Å². The molecule has 2 aromatic rings. The molecule has 1 fully saturated rings. The molecule has 0 radical (unpaired) electrons. The zero-order chi connectivity index (χ0) is 15.2. The van der Waals surface area contributed by atoms with E-state index < -0.39 is 0 Å². The first kappa shape index (κ1) is 15.0. The van der Waals surface area contributed by atoms with Crippen molar-refractivity contribution >= 4 is 23.3 Å². The molecular formula is C16H19N3O2S. The van der Waals surface area contributed by atoms with Crippen molar-refractivity contribution in [1.82, 2.24) is 9.36 Å². The maximum atomic E-state index is 12.1. The molecule has 2 heterocycles. The van der Waals surface area contributed by atoms with E-state index in [0.29, 0.717) is 29.0 Å². The molecule has 116 valence electrons. The number of pyridine rings is 1. The molecule has 6 heteroatoms. The van der Waals surface area contributed by atoms with Crippen molar-refractivity contribution in [1.29, 1.82) is 0 Å². The van der Waals surface area contributed by atoms with Gasteiger partial charge in [-0.25, -0.2) is 9.36 Å². The molecule has 0 unspecified atom stereocenters. The van der Waals surface area contributed by atoms with Gasteiger partial charge in [-0.1, -0.05) is 19.3 Å². The van der Waals surface area contributed by atoms with Gasteiger partial charge in [0.2, 0.25) is 0 Å². The normalized spacial score (nSPS) is 15.5. The van der Waals surface area contributed by atoms with E-state index in [0.717, 1.165) is 11.5 Å². The van der Waals surface area contributed by atoms with Crippen molar-refractivity contribution in [3.05, 3.63) is 35.5 Å². The Bertz CT molecular complexity index is 610. The quantitative estimate of drug-likeness (QED) is 0.912. The Morgan fingerprint density at radius 2 is 2.14 bits per heavy atom. The van der Waals surface area contributed by atoms with Crippen molar-refractivity contribution in [2.75, 3.05) is 11.9 Å². The number of amides is 1. The summed E-state index contributed by atoms with van der Waals surface area (Å²) in [7, 11) is 0. The molecule has 0 saturated heterocycles. The van der Waals surface area contributed by atoms with E-state index in [-0.39, 0.29) is 5.91 Å². The molecule has 22 heavy (non-hydrogen) atoms. The number of nitrogens with zero attached hydrogens (tertiary/aromatic N) is 2. The zero-order valence-electron chi connectivity index (χ0n) is 12.3. The summed E-state index contributed by atoms with van der Waals surface area (Å²) in [6.45, 7) is 0.690. The van der Waals surface area contributed by atoms with Crippen LogP contribution in [0.25, 0.3) is 0 Å². The Balaban J connectivity index is 1.63. The molecule has 0 aliphatic heterocycles. The van der Waals surface area contributed by atoms with Gasteiger partial charge in [0.1, 0.15) is 4.88 Å². The Morgan fingerprint density at radius 3 is 2.91 bits per heavy atom. The SMILES string of the molecule is O=C(Nc1ncccc1OCC1CCCCC1)c1ccns1. The van der Waals surface area contributed by atoms with Crippen LogP contribution < -0.4 is 10.1 Å². The van der Waals surface area contributed by atoms with Gasteiger partial charge >= 0.3 is 0 Å². The number of carbonyl (C=O) groups is 1. The lowest BCUT2D eigenvalue weighted by Crippen LogP contribution is -2.17. The molecule has 0 spiro atoms. The van der Waals surface area contributed by atoms with Gasteiger partial charge in [0.25, 0.3) is 5.91 Å². The lowest BCUT2D eigenvalue weighted by atomic mass is 9.90. The van der Waals surface area contributed by atoms with Gasteiger partial charge in [-0.2, -0.15) is 0 Å². The van der Waals surface area contributed by atoms with Gasteiger partial charge in [-0.3, -0.25) is 4.79 Å². The second-order valence-electron chi connectivity index (χ2n) is 5.50. The van der Waals surface area contributed by atoms with E-state index in [1.165, 1.54) is 32.1 Å². The van der Waals surface area contributed by atoms with Crippen molar-refractivity contribution < 1.29 is 9.53 Å². The third-order valence-corrected chi connectivity index (χ3v) is 4.61. The Labute approximate surface area is 133 Å². The van der Waals surface area contributed by atoms with Crippen LogP contribution in [0.15, 0.2) is 30.6 Å². The van der Waals surface area contributed by atoms with Gasteiger partial charge in [-0.15, -0.1) is 0 Å². The smallest absolute Gasteiger partial charge is 0.268 e. The third-order valence-electron chi connectivity index (χ3n) is 3.86. The number of aromatic nitrogens is 2. The first-order valence-corrected chi connectivity index (χ1v) is 8.40. The molecule has 0 bridgehead atoms. The maximum absolute atomic E-state index is 12.1. The standard InChI is InChI=1S/C16H19N3O2S/c20-16(14-8-10-18-22-14)19-15-13(7-4-9-17-15)21-11-12-5-2-1-3-6-12/h4,7-10,12H,1-3,5-6,11H2,(H,17,19,20). The fraction of sp³-hybridized carbons (Fsp3) is 0.438. The van der Waals surface area contributed by atoms with Crippen LogP contribution in [0.4, 0.5) is 5.82 Å². The van der Waals surface area contributed by atoms with Crippen LogP contribution in [0.1, 0.15) is 41.8 Å². The van der Waals surface area contributed by atoms with Crippen LogP contribution in [0.2, 0.25) is 0 Å². The zero-order valence-corrected chi connectivity index (χ0v) is 13.1. The van der Waals surface area contributed by atoms with Crippen LogP contribution in [0, 0.1) is 5.92 Å². The minimum absolute atomic E-state index is 0.205. The summed E-state index contributed by atoms with van der Waals surface area (Å²) in [6, 6.07) is 5.35. The van der Waals surface area contributed by atoms with E-state index >= 15 is 0 Å². The topological polar surface area (TPSA) is 64.1 Å². The molecule has 5 nitrogen and oxygen atoms in total. The predicted molar refractivity (Wildman–Crippen MR) is 86.4 cm³/mol. The largest absolute Gasteiger partial charge is 0.489 e. The molecular weight excluding hydrogens is 298 g/mol. The highest BCUT2D eigenvalue weighted by Gasteiger charge is 2.16. The van der Waals surface area contributed by atoms with Crippen LogP contribution >= 0.6 is 11.5 Å². The van der Waals surface area contributed by atoms with E-state index in [1.807, 2.05) is 12.1 Å². The first-order valence-electron chi connectivity index (χ1n) is 7.63. The summed E-state index contributed by atoms with van der Waals surface area (Å²) in [5.41, 5.74) is 0. The van der Waals surface area contributed by atoms with Crippen molar-refractivity contribution in [2.24, 2.45) is 5.92 Å². The van der Waals surface area contributed by atoms with Crippen LogP contribution in [0.3, 0.4) is 0 Å². The molecule has 1 saturated carbocycles. The molecule has 3 rings (SSSR count). The number of nitrogens with one attached hydrogen (secondary N) is 1. The van der Waals surface area contributed by atoms with E-state index in [2.05, 4.69) is 14.7 Å². The highest BCUT2D eigenvalue weighted by atomic mass is 32.1. The van der Waals surface area contributed by atoms with E-state index in [9.17, 15) is 4.79 Å². The van der Waals surface area contributed by atoms with E-state index in [4.69, 9.17) is 4.74 Å². The van der Waals surface area contributed by atoms with Gasteiger partial charge in [0.15, 0.2) is 11.6 Å². The van der Waals surface area contributed by atoms with Crippen LogP contribution in [-0.4, -0.2) is 21.9 Å². The van der Waals surface area contributed by atoms with Crippen molar-refractivity contribution in [3.8, 4) is 5.75 Å². The molecule has 0 atom stereocenters. The fourth-order valence-corrected chi connectivity index (χ4v) is 3.16. The number of carbonyl (C=O) groups excluding carboxylic acids is 1. The highest BCUT2D eigenvalue weighted by Crippen LogP contribution is 2.27. The fourth-order valence-electron chi connectivity index (χ4n) is 2.66. The molecule has 2 aromatic heterocycles. The summed E-state index contributed by atoms with van der Waals surface area (Å²) in [4.78, 5) is 16.9. The monoisotopic (exact) mass is 317 g/mol. The van der Waals surface area contributed by atoms with Gasteiger partial charge in [-0.05, 0) is 48.5 Å². The van der Waals surface area contributed by atoms with Crippen LogP contribution in [-0.2, 0) is 0 Å². The average Bonchev–Trinajstić information content (AvgIpc) is 3.10. The number of ether oxygens (including phenoxy) is 1. The Hall–Kier alpha value is -1.95. The lowest BCUT2D eigenvalue weighted by Gasteiger charge is -2.22. The van der Waals surface area contributed by atoms with Gasteiger partial charge in [0.05, 0.1) is 6.61 Å². The predicted octanol–water partition coefficient (Wildman–Crippen LogP) is 3.75. The highest BCUT2D eigenvalue weighted by molar-refractivity contribution is 7.08. The summed E-state index contributed by atoms with van der Waals surface area (Å²) in [5.74, 6) is 1.50. The summed E-state index contributed by atoms with van der Waals surface area (Å²) in [6.07, 6.45) is 9.62. The average molecular weight is 317 g/mol. The summed E-state index contributed by atoms with van der Waals surface area (Å²) >= 11 is 1.16. The second kappa shape index (κ2) is 7.35. The molecule has 0 aromatic carbocycles. The molecule has 1 amide bonds. The molecule has 1 aliphatic carbocycles. The second-order valence-corrected chi connectivity index (χ2v) is 6.33. The Kier molecular flexibility index (Phi) is 5.00. The number of rotatable bonds is 5. The number of anilines is 1. The van der Waals surface area contributed by atoms with Crippen molar-refractivity contribution in [3.63, 3.8) is 0 Å². The minimum Gasteiger partial charge on any atom is -0.489 e.